The number of nitrogens with one attached hydrogen (secondary N) is 2. The lowest BCUT2D eigenvalue weighted by Crippen LogP contribution is -2.23. The monoisotopic (exact) mass is 326 g/mol. The van der Waals surface area contributed by atoms with Crippen LogP contribution < -0.4 is 10.6 Å². The van der Waals surface area contributed by atoms with Crippen LogP contribution in [0.3, 0.4) is 0 Å². The molecular formula is C16H26N2O5. The van der Waals surface area contributed by atoms with E-state index in [2.05, 4.69) is 17.2 Å². The second-order valence-corrected chi connectivity index (χ2v) is 4.44. The van der Waals surface area contributed by atoms with Gasteiger partial charge in [-0.25, -0.2) is 0 Å². The summed E-state index contributed by atoms with van der Waals surface area (Å²) in [6, 6.07) is 0. The first-order valence-corrected chi connectivity index (χ1v) is 7.58. The van der Waals surface area contributed by atoms with Gasteiger partial charge in [-0.15, -0.1) is 6.42 Å². The number of carbonyl (C=O) groups excluding carboxylic acids is 2. The molecule has 0 fully saturated rings. The molecule has 0 unspecified atom stereocenters. The van der Waals surface area contributed by atoms with Gasteiger partial charge in [0.15, 0.2) is 0 Å². The molecule has 0 saturated carbocycles. The predicted molar refractivity (Wildman–Crippen MR) is 86.7 cm³/mol. The molecule has 23 heavy (non-hydrogen) atoms. The van der Waals surface area contributed by atoms with Crippen LogP contribution in [0.25, 0.3) is 0 Å². The number of carbonyl (C=O) groups is 2. The molecule has 0 aromatic carbocycles. The van der Waals surface area contributed by atoms with Gasteiger partial charge < -0.3 is 24.8 Å². The standard InChI is InChI=1S/C16H26N2O5/c1-3-15(19)17-7-5-9-21-11-13-23-14-12-22-10-6-8-18-16(20)4-2/h1,4H,2,5-14H2,(H,17,19)(H,18,20). The van der Waals surface area contributed by atoms with E-state index in [1.807, 2.05) is 5.92 Å². The van der Waals surface area contributed by atoms with E-state index in [4.69, 9.17) is 20.6 Å². The fourth-order valence-electron chi connectivity index (χ4n) is 1.43. The lowest BCUT2D eigenvalue weighted by molar-refractivity contribution is -0.117. The third-order valence-corrected chi connectivity index (χ3v) is 2.58. The maximum atomic E-state index is 10.8. The Morgan fingerprint density at radius 3 is 1.87 bits per heavy atom. The smallest absolute Gasteiger partial charge is 0.295 e. The van der Waals surface area contributed by atoms with Crippen molar-refractivity contribution in [3.8, 4) is 12.3 Å². The summed E-state index contributed by atoms with van der Waals surface area (Å²) in [5, 5.41) is 5.21. The average Bonchev–Trinajstić information content (AvgIpc) is 2.57. The molecule has 0 spiro atoms. The van der Waals surface area contributed by atoms with Gasteiger partial charge in [0.05, 0.1) is 26.4 Å². The first-order chi connectivity index (χ1) is 11.2. The molecule has 7 heteroatoms. The molecule has 0 bridgehead atoms. The molecule has 2 N–H and O–H groups in total. The van der Waals surface area contributed by atoms with Crippen molar-refractivity contribution in [2.45, 2.75) is 12.8 Å². The van der Waals surface area contributed by atoms with Gasteiger partial charge in [-0.1, -0.05) is 6.58 Å². The van der Waals surface area contributed by atoms with Gasteiger partial charge in [0, 0.05) is 26.3 Å². The van der Waals surface area contributed by atoms with Crippen LogP contribution in [0.4, 0.5) is 0 Å². The van der Waals surface area contributed by atoms with Gasteiger partial charge in [-0.05, 0) is 24.8 Å². The largest absolute Gasteiger partial charge is 0.379 e. The second kappa shape index (κ2) is 16.5. The molecule has 0 aliphatic carbocycles. The highest BCUT2D eigenvalue weighted by Crippen LogP contribution is 1.85. The Bertz CT molecular complexity index is 379. The van der Waals surface area contributed by atoms with Crippen molar-refractivity contribution in [1.82, 2.24) is 10.6 Å². The van der Waals surface area contributed by atoms with Crippen molar-refractivity contribution in [2.24, 2.45) is 0 Å². The van der Waals surface area contributed by atoms with Gasteiger partial charge >= 0.3 is 0 Å². The van der Waals surface area contributed by atoms with E-state index in [1.54, 1.807) is 0 Å². The van der Waals surface area contributed by atoms with Crippen LogP contribution in [-0.4, -0.2) is 64.5 Å². The van der Waals surface area contributed by atoms with Crippen molar-refractivity contribution in [3.63, 3.8) is 0 Å². The highest BCUT2D eigenvalue weighted by molar-refractivity contribution is 5.92. The summed E-state index contributed by atoms with van der Waals surface area (Å²) in [7, 11) is 0. The highest BCUT2D eigenvalue weighted by atomic mass is 16.5. The van der Waals surface area contributed by atoms with Crippen LogP contribution in [0.1, 0.15) is 12.8 Å². The van der Waals surface area contributed by atoms with Gasteiger partial charge in [-0.2, -0.15) is 0 Å². The number of ether oxygens (including phenoxy) is 3. The van der Waals surface area contributed by atoms with E-state index < -0.39 is 5.91 Å². The molecule has 0 aliphatic rings. The first-order valence-electron chi connectivity index (χ1n) is 7.58. The predicted octanol–water partition coefficient (Wildman–Crippen LogP) is -0.132. The zero-order valence-corrected chi connectivity index (χ0v) is 13.5. The minimum atomic E-state index is -0.406. The van der Waals surface area contributed by atoms with Gasteiger partial charge in [0.1, 0.15) is 0 Å². The quantitative estimate of drug-likeness (QED) is 0.249. The summed E-state index contributed by atoms with van der Waals surface area (Å²) in [6.45, 7) is 7.55. The Morgan fingerprint density at radius 1 is 0.913 bits per heavy atom. The molecule has 130 valence electrons. The third kappa shape index (κ3) is 16.3. The number of rotatable bonds is 15. The topological polar surface area (TPSA) is 85.9 Å². The maximum absolute atomic E-state index is 10.8. The fourth-order valence-corrected chi connectivity index (χ4v) is 1.43. The highest BCUT2D eigenvalue weighted by Gasteiger charge is 1.95. The van der Waals surface area contributed by atoms with Gasteiger partial charge in [-0.3, -0.25) is 9.59 Å². The zero-order chi connectivity index (χ0) is 17.2. The summed E-state index contributed by atoms with van der Waals surface area (Å²) in [6.07, 6.45) is 7.60. The van der Waals surface area contributed by atoms with Crippen LogP contribution in [0.15, 0.2) is 12.7 Å². The van der Waals surface area contributed by atoms with Crippen LogP contribution >= 0.6 is 0 Å². The van der Waals surface area contributed by atoms with E-state index in [0.717, 1.165) is 6.42 Å². The van der Waals surface area contributed by atoms with Crippen LogP contribution in [0.2, 0.25) is 0 Å². The lowest BCUT2D eigenvalue weighted by atomic mass is 10.4. The fraction of sp³-hybridized carbons (Fsp3) is 0.625. The summed E-state index contributed by atoms with van der Waals surface area (Å²) in [5.74, 6) is 1.39. The Kier molecular flexibility index (Phi) is 15.1. The third-order valence-electron chi connectivity index (χ3n) is 2.58. The maximum Gasteiger partial charge on any atom is 0.295 e. The molecule has 0 atom stereocenters. The molecule has 7 nitrogen and oxygen atoms in total. The normalized spacial score (nSPS) is 9.87. The molecule has 0 rings (SSSR count). The summed E-state index contributed by atoms with van der Waals surface area (Å²) >= 11 is 0. The minimum absolute atomic E-state index is 0.174. The number of hydrogen-bond donors (Lipinski definition) is 2. The van der Waals surface area contributed by atoms with Crippen LogP contribution in [-0.2, 0) is 23.8 Å². The van der Waals surface area contributed by atoms with Crippen molar-refractivity contribution >= 4 is 11.8 Å². The lowest BCUT2D eigenvalue weighted by Gasteiger charge is -2.07. The van der Waals surface area contributed by atoms with Crippen LogP contribution in [0.5, 0.6) is 0 Å². The zero-order valence-electron chi connectivity index (χ0n) is 13.5. The van der Waals surface area contributed by atoms with E-state index in [9.17, 15) is 9.59 Å². The van der Waals surface area contributed by atoms with Gasteiger partial charge in [0.2, 0.25) is 5.91 Å². The van der Waals surface area contributed by atoms with E-state index in [0.29, 0.717) is 59.2 Å². The summed E-state index contributed by atoms with van der Waals surface area (Å²) < 4.78 is 16.0. The average molecular weight is 326 g/mol. The number of terminal acetylenes is 1. The first kappa shape index (κ1) is 21.1. The Morgan fingerprint density at radius 2 is 1.39 bits per heavy atom. The SMILES string of the molecule is C#CC(=O)NCCCOCCOCCOCCCNC(=O)C=C. The van der Waals surface area contributed by atoms with Gasteiger partial charge in [0.25, 0.3) is 5.91 Å². The van der Waals surface area contributed by atoms with Crippen molar-refractivity contribution in [3.05, 3.63) is 12.7 Å². The van der Waals surface area contributed by atoms with Crippen molar-refractivity contribution < 1.29 is 23.8 Å². The Labute approximate surface area is 137 Å². The van der Waals surface area contributed by atoms with E-state index in [1.165, 1.54) is 6.08 Å². The van der Waals surface area contributed by atoms with Crippen molar-refractivity contribution in [1.29, 1.82) is 0 Å². The minimum Gasteiger partial charge on any atom is -0.379 e. The summed E-state index contributed by atoms with van der Waals surface area (Å²) in [4.78, 5) is 21.6. The molecule has 0 aromatic rings. The van der Waals surface area contributed by atoms with E-state index >= 15 is 0 Å². The van der Waals surface area contributed by atoms with Crippen molar-refractivity contribution in [2.75, 3.05) is 52.7 Å². The second-order valence-electron chi connectivity index (χ2n) is 4.44. The molecular weight excluding hydrogens is 300 g/mol. The number of hydrogen-bond acceptors (Lipinski definition) is 5. The van der Waals surface area contributed by atoms with Crippen LogP contribution in [0, 0.1) is 12.3 Å². The summed E-state index contributed by atoms with van der Waals surface area (Å²) in [5.41, 5.74) is 0. The van der Waals surface area contributed by atoms with E-state index in [-0.39, 0.29) is 5.91 Å². The molecule has 0 heterocycles. The Hall–Kier alpha value is -1.88. The Balaban J connectivity index is 3.08. The molecule has 0 saturated heterocycles. The number of amides is 2. The molecule has 0 aliphatic heterocycles. The molecule has 0 aromatic heterocycles. The molecule has 0 radical (unpaired) electrons. The molecule has 2 amide bonds.